The van der Waals surface area contributed by atoms with Crippen molar-refractivity contribution in [1.82, 2.24) is 9.88 Å². The number of ether oxygens (including phenoxy) is 3. The molecule has 0 atom stereocenters. The molecular formula is C21H24ClF3N4O4S. The molecule has 1 aromatic heterocycles. The molecule has 0 aliphatic rings. The van der Waals surface area contributed by atoms with E-state index in [1.54, 1.807) is 18.2 Å². The van der Waals surface area contributed by atoms with Crippen molar-refractivity contribution in [3.05, 3.63) is 36.4 Å². The molecule has 2 amide bonds. The second kappa shape index (κ2) is 11.4. The van der Waals surface area contributed by atoms with Crippen LogP contribution in [0.4, 0.5) is 28.8 Å². The van der Waals surface area contributed by atoms with Gasteiger partial charge in [-0.15, -0.1) is 25.6 Å². The van der Waals surface area contributed by atoms with Crippen molar-refractivity contribution in [2.75, 3.05) is 51.6 Å². The van der Waals surface area contributed by atoms with Crippen LogP contribution >= 0.6 is 23.7 Å². The molecule has 186 valence electrons. The highest BCUT2D eigenvalue weighted by Crippen LogP contribution is 2.34. The van der Waals surface area contributed by atoms with Crippen molar-refractivity contribution in [2.45, 2.75) is 6.36 Å². The van der Waals surface area contributed by atoms with Gasteiger partial charge in [0.1, 0.15) is 5.75 Å². The molecular weight excluding hydrogens is 497 g/mol. The van der Waals surface area contributed by atoms with Gasteiger partial charge in [-0.05, 0) is 38.4 Å². The lowest BCUT2D eigenvalue weighted by Crippen LogP contribution is -2.39. The summed E-state index contributed by atoms with van der Waals surface area (Å²) in [6.07, 6.45) is -4.79. The van der Waals surface area contributed by atoms with Crippen LogP contribution in [0.5, 0.6) is 17.2 Å². The van der Waals surface area contributed by atoms with E-state index in [1.807, 2.05) is 19.0 Å². The number of thiazole rings is 1. The normalized spacial score (nSPS) is 11.2. The first-order chi connectivity index (χ1) is 15.6. The van der Waals surface area contributed by atoms with Crippen LogP contribution in [0.1, 0.15) is 0 Å². The molecule has 0 aliphatic heterocycles. The number of rotatable bonds is 8. The summed E-state index contributed by atoms with van der Waals surface area (Å²) in [5.41, 5.74) is 0.938. The number of halogens is 4. The van der Waals surface area contributed by atoms with E-state index >= 15 is 0 Å². The van der Waals surface area contributed by atoms with Crippen LogP contribution in [-0.2, 0) is 0 Å². The Hall–Kier alpha value is -2.96. The summed E-state index contributed by atoms with van der Waals surface area (Å²) in [6, 6.07) is 8.37. The summed E-state index contributed by atoms with van der Waals surface area (Å²) < 4.78 is 52.6. The molecule has 0 fully saturated rings. The average molecular weight is 521 g/mol. The number of carbonyl (C=O) groups is 1. The number of nitrogens with one attached hydrogen (secondary N) is 1. The molecule has 0 bridgehead atoms. The van der Waals surface area contributed by atoms with Crippen molar-refractivity contribution < 1.29 is 32.2 Å². The van der Waals surface area contributed by atoms with Gasteiger partial charge in [-0.2, -0.15) is 0 Å². The van der Waals surface area contributed by atoms with Crippen molar-refractivity contribution in [2.24, 2.45) is 0 Å². The van der Waals surface area contributed by atoms with Gasteiger partial charge in [0.15, 0.2) is 16.6 Å². The molecule has 3 aromatic rings. The summed E-state index contributed by atoms with van der Waals surface area (Å²) in [6.45, 7) is 0.843. The number of methoxy groups -OCH3 is 2. The van der Waals surface area contributed by atoms with E-state index in [-0.39, 0.29) is 18.2 Å². The van der Waals surface area contributed by atoms with Gasteiger partial charge in [0.05, 0.1) is 24.4 Å². The average Bonchev–Trinajstić information content (AvgIpc) is 3.15. The van der Waals surface area contributed by atoms with Crippen molar-refractivity contribution in [1.29, 1.82) is 0 Å². The predicted octanol–water partition coefficient (Wildman–Crippen LogP) is 5.23. The molecule has 0 spiro atoms. The van der Waals surface area contributed by atoms with Crippen LogP contribution in [0.3, 0.4) is 0 Å². The van der Waals surface area contributed by atoms with Gasteiger partial charge in [-0.3, -0.25) is 4.90 Å². The Labute approximate surface area is 204 Å². The maximum absolute atomic E-state index is 13.1. The largest absolute Gasteiger partial charge is 0.573 e. The quantitative estimate of drug-likeness (QED) is 0.438. The molecule has 2 aromatic carbocycles. The maximum Gasteiger partial charge on any atom is 0.573 e. The summed E-state index contributed by atoms with van der Waals surface area (Å²) in [5.74, 6) is 0.621. The number of anilines is 2. The number of aromatic nitrogens is 1. The molecule has 0 saturated carbocycles. The number of benzene rings is 2. The fourth-order valence-electron chi connectivity index (χ4n) is 2.89. The lowest BCUT2D eigenvalue weighted by Gasteiger charge is -2.22. The standard InChI is InChI=1S/C21H23F3N4O4S.ClH/c1-27(2)9-10-28(19(29)25-13-5-8-16(30-3)17(11-13)31-4)20-26-15-7-6-14(12-18(15)33-20)32-21(22,23)24;/h5-8,11-12H,9-10H2,1-4H3,(H,25,29);1H. The number of amides is 2. The number of carbonyl (C=O) groups excluding carboxylic acids is 1. The molecule has 0 unspecified atom stereocenters. The fourth-order valence-corrected chi connectivity index (χ4v) is 3.91. The summed E-state index contributed by atoms with van der Waals surface area (Å²) in [4.78, 5) is 20.9. The van der Waals surface area contributed by atoms with Gasteiger partial charge < -0.3 is 24.4 Å². The second-order valence-electron chi connectivity index (χ2n) is 7.13. The Morgan fingerprint density at radius 3 is 2.38 bits per heavy atom. The molecule has 1 N–H and O–H groups in total. The highest BCUT2D eigenvalue weighted by Gasteiger charge is 2.31. The third-order valence-electron chi connectivity index (χ3n) is 4.46. The number of likely N-dealkylation sites (N-methyl/N-ethyl adjacent to an activating group) is 1. The van der Waals surface area contributed by atoms with Crippen molar-refractivity contribution >= 4 is 50.8 Å². The minimum absolute atomic E-state index is 0. The molecule has 0 radical (unpaired) electrons. The number of hydrogen-bond donors (Lipinski definition) is 1. The highest BCUT2D eigenvalue weighted by atomic mass is 35.5. The van der Waals surface area contributed by atoms with E-state index in [1.165, 1.54) is 37.3 Å². The molecule has 13 heteroatoms. The Bertz CT molecular complexity index is 1130. The molecule has 0 aliphatic carbocycles. The minimum Gasteiger partial charge on any atom is -0.493 e. The minimum atomic E-state index is -4.79. The molecule has 0 saturated heterocycles. The Kier molecular flexibility index (Phi) is 9.19. The lowest BCUT2D eigenvalue weighted by molar-refractivity contribution is -0.274. The summed E-state index contributed by atoms with van der Waals surface area (Å²) in [7, 11) is 6.73. The van der Waals surface area contributed by atoms with Gasteiger partial charge in [0.2, 0.25) is 0 Å². The van der Waals surface area contributed by atoms with E-state index < -0.39 is 12.4 Å². The van der Waals surface area contributed by atoms with Crippen LogP contribution < -0.4 is 24.4 Å². The van der Waals surface area contributed by atoms with E-state index in [0.717, 1.165) is 11.3 Å². The third kappa shape index (κ3) is 7.02. The number of hydrogen-bond acceptors (Lipinski definition) is 7. The predicted molar refractivity (Wildman–Crippen MR) is 128 cm³/mol. The van der Waals surface area contributed by atoms with Crippen LogP contribution in [0.2, 0.25) is 0 Å². The first-order valence-electron chi connectivity index (χ1n) is 9.71. The highest BCUT2D eigenvalue weighted by molar-refractivity contribution is 7.22. The first kappa shape index (κ1) is 27.3. The number of nitrogens with zero attached hydrogens (tertiary/aromatic N) is 3. The molecule has 3 rings (SSSR count). The maximum atomic E-state index is 13.1. The number of alkyl halides is 3. The topological polar surface area (TPSA) is 76.2 Å². The van der Waals surface area contributed by atoms with Crippen molar-refractivity contribution in [3.63, 3.8) is 0 Å². The molecule has 8 nitrogen and oxygen atoms in total. The lowest BCUT2D eigenvalue weighted by atomic mass is 10.2. The van der Waals surface area contributed by atoms with E-state index in [9.17, 15) is 18.0 Å². The molecule has 1 heterocycles. The van der Waals surface area contributed by atoms with Crippen LogP contribution in [-0.4, -0.2) is 63.7 Å². The van der Waals surface area contributed by atoms with E-state index in [2.05, 4.69) is 15.0 Å². The van der Waals surface area contributed by atoms with Gasteiger partial charge in [0.25, 0.3) is 0 Å². The van der Waals surface area contributed by atoms with Crippen LogP contribution in [0.15, 0.2) is 36.4 Å². The second-order valence-corrected chi connectivity index (χ2v) is 8.14. The van der Waals surface area contributed by atoms with Gasteiger partial charge >= 0.3 is 12.4 Å². The first-order valence-corrected chi connectivity index (χ1v) is 10.5. The van der Waals surface area contributed by atoms with Crippen LogP contribution in [0.25, 0.3) is 10.2 Å². The van der Waals surface area contributed by atoms with Gasteiger partial charge in [-0.1, -0.05) is 11.3 Å². The fraction of sp³-hybridized carbons (Fsp3) is 0.333. The molecule has 34 heavy (non-hydrogen) atoms. The van der Waals surface area contributed by atoms with E-state index in [4.69, 9.17) is 9.47 Å². The zero-order valence-corrected chi connectivity index (χ0v) is 20.4. The van der Waals surface area contributed by atoms with Gasteiger partial charge in [-0.25, -0.2) is 9.78 Å². The van der Waals surface area contributed by atoms with Gasteiger partial charge in [0, 0.05) is 30.9 Å². The zero-order chi connectivity index (χ0) is 24.2. The Morgan fingerprint density at radius 2 is 1.76 bits per heavy atom. The smallest absolute Gasteiger partial charge is 0.493 e. The SMILES string of the molecule is COc1ccc(NC(=O)N(CCN(C)C)c2nc3ccc(OC(F)(F)F)cc3s2)cc1OC.Cl. The number of urea groups is 1. The van der Waals surface area contributed by atoms with Crippen LogP contribution in [0, 0.1) is 0 Å². The summed E-state index contributed by atoms with van der Waals surface area (Å²) >= 11 is 1.09. The zero-order valence-electron chi connectivity index (χ0n) is 18.8. The summed E-state index contributed by atoms with van der Waals surface area (Å²) in [5, 5.41) is 3.14. The Balaban J connectivity index is 0.00000408. The number of fused-ring (bicyclic) bond motifs is 1. The Morgan fingerprint density at radius 1 is 1.06 bits per heavy atom. The monoisotopic (exact) mass is 520 g/mol. The van der Waals surface area contributed by atoms with Crippen molar-refractivity contribution in [3.8, 4) is 17.2 Å². The third-order valence-corrected chi connectivity index (χ3v) is 5.51. The van der Waals surface area contributed by atoms with E-state index in [0.29, 0.717) is 45.6 Å².